The molecular formula is C23H25ClFN3O3. The first-order valence-electron chi connectivity index (χ1n) is 9.97. The number of hydrogen-bond acceptors (Lipinski definition) is 3. The van der Waals surface area contributed by atoms with E-state index in [-0.39, 0.29) is 22.0 Å². The molecule has 8 heteroatoms. The first-order valence-corrected chi connectivity index (χ1v) is 10.3. The summed E-state index contributed by atoms with van der Waals surface area (Å²) in [6.45, 7) is 6.51. The Hall–Kier alpha value is -2.93. The molecule has 1 aliphatic heterocycles. The fourth-order valence-corrected chi connectivity index (χ4v) is 3.84. The zero-order valence-electron chi connectivity index (χ0n) is 17.7. The number of carbonyl (C=O) groups excluding carboxylic acids is 1. The number of rotatable bonds is 3. The van der Waals surface area contributed by atoms with Crippen LogP contribution in [0.25, 0.3) is 6.08 Å². The molecule has 0 saturated carbocycles. The third-order valence-electron chi connectivity index (χ3n) is 5.29. The molecular weight excluding hydrogens is 421 g/mol. The predicted molar refractivity (Wildman–Crippen MR) is 119 cm³/mol. The van der Waals surface area contributed by atoms with Crippen LogP contribution in [-0.2, 0) is 0 Å². The van der Waals surface area contributed by atoms with E-state index in [1.807, 2.05) is 26.8 Å². The van der Waals surface area contributed by atoms with E-state index in [0.29, 0.717) is 30.9 Å². The molecule has 1 unspecified atom stereocenters. The lowest BCUT2D eigenvalue weighted by Crippen LogP contribution is -2.50. The number of piperidine rings is 1. The second kappa shape index (κ2) is 9.06. The van der Waals surface area contributed by atoms with Crippen LogP contribution in [0, 0.1) is 11.2 Å². The summed E-state index contributed by atoms with van der Waals surface area (Å²) in [4.78, 5) is 29.9. The second-order valence-electron chi connectivity index (χ2n) is 8.64. The molecule has 2 amide bonds. The summed E-state index contributed by atoms with van der Waals surface area (Å²) in [5.74, 6) is -1.03. The fraction of sp³-hybridized carbons (Fsp3) is 0.348. The van der Waals surface area contributed by atoms with Gasteiger partial charge in [-0.15, -0.1) is 0 Å². The van der Waals surface area contributed by atoms with Crippen LogP contribution in [0.1, 0.15) is 49.7 Å². The molecule has 1 saturated heterocycles. The van der Waals surface area contributed by atoms with Crippen LogP contribution in [0.4, 0.5) is 15.0 Å². The molecule has 0 spiro atoms. The number of hydrogen-bond donors (Lipinski definition) is 2. The second-order valence-corrected chi connectivity index (χ2v) is 9.08. The van der Waals surface area contributed by atoms with E-state index in [0.717, 1.165) is 11.6 Å². The normalized spacial score (nSPS) is 18.2. The number of nitrogens with one attached hydrogen (secondary N) is 1. The summed E-state index contributed by atoms with van der Waals surface area (Å²) >= 11 is 5.73. The monoisotopic (exact) mass is 445 g/mol. The number of aromatic nitrogens is 1. The summed E-state index contributed by atoms with van der Waals surface area (Å²) in [6, 6.07) is 8.89. The van der Waals surface area contributed by atoms with Crippen LogP contribution in [0.3, 0.4) is 0 Å². The van der Waals surface area contributed by atoms with Crippen molar-refractivity contribution < 1.29 is 19.1 Å². The van der Waals surface area contributed by atoms with Gasteiger partial charge >= 0.3 is 6.09 Å². The van der Waals surface area contributed by atoms with Crippen molar-refractivity contribution in [3.8, 4) is 0 Å². The van der Waals surface area contributed by atoms with Crippen LogP contribution < -0.4 is 5.32 Å². The van der Waals surface area contributed by atoms with Crippen LogP contribution in [0.2, 0.25) is 5.02 Å². The number of benzene rings is 1. The van der Waals surface area contributed by atoms with Crippen LogP contribution in [0.5, 0.6) is 0 Å². The number of likely N-dealkylation sites (tertiary alicyclic amines) is 1. The molecule has 1 aromatic heterocycles. The first-order chi connectivity index (χ1) is 14.5. The number of anilines is 1. The van der Waals surface area contributed by atoms with Crippen molar-refractivity contribution in [3.05, 3.63) is 64.1 Å². The maximum atomic E-state index is 14.0. The van der Waals surface area contributed by atoms with Crippen molar-refractivity contribution >= 4 is 35.5 Å². The van der Waals surface area contributed by atoms with Gasteiger partial charge in [0.05, 0.1) is 11.3 Å². The van der Waals surface area contributed by atoms with Gasteiger partial charge in [-0.05, 0) is 54.7 Å². The molecule has 0 radical (unpaired) electrons. The minimum Gasteiger partial charge on any atom is -0.465 e. The molecule has 1 fully saturated rings. The molecule has 0 aliphatic carbocycles. The average Bonchev–Trinajstić information content (AvgIpc) is 2.67. The molecule has 2 heterocycles. The molecule has 0 bridgehead atoms. The lowest BCUT2D eigenvalue weighted by Gasteiger charge is -2.42. The number of carbonyl (C=O) groups is 2. The van der Waals surface area contributed by atoms with Gasteiger partial charge in [0.15, 0.2) is 0 Å². The highest BCUT2D eigenvalue weighted by Gasteiger charge is 2.36. The van der Waals surface area contributed by atoms with Crippen LogP contribution >= 0.6 is 11.6 Å². The summed E-state index contributed by atoms with van der Waals surface area (Å²) in [5.41, 5.74) is 1.41. The lowest BCUT2D eigenvalue weighted by atomic mass is 9.79. The van der Waals surface area contributed by atoms with Crippen molar-refractivity contribution in [2.24, 2.45) is 5.41 Å². The predicted octanol–water partition coefficient (Wildman–Crippen LogP) is 5.70. The van der Waals surface area contributed by atoms with Gasteiger partial charge in [-0.3, -0.25) is 4.79 Å². The Balaban J connectivity index is 1.77. The maximum absolute atomic E-state index is 14.0. The molecule has 164 valence electrons. The van der Waals surface area contributed by atoms with Gasteiger partial charge < -0.3 is 15.3 Å². The Morgan fingerprint density at radius 2 is 2.03 bits per heavy atom. The number of halogens is 2. The zero-order chi connectivity index (χ0) is 22.8. The highest BCUT2D eigenvalue weighted by atomic mass is 35.5. The third-order valence-corrected chi connectivity index (χ3v) is 5.53. The quantitative estimate of drug-likeness (QED) is 0.635. The highest BCUT2D eigenvalue weighted by Crippen LogP contribution is 2.35. The van der Waals surface area contributed by atoms with Gasteiger partial charge in [-0.25, -0.2) is 14.2 Å². The minimum absolute atomic E-state index is 0.121. The summed E-state index contributed by atoms with van der Waals surface area (Å²) in [7, 11) is 0. The fourth-order valence-electron chi connectivity index (χ4n) is 3.68. The maximum Gasteiger partial charge on any atom is 0.407 e. The largest absolute Gasteiger partial charge is 0.465 e. The molecule has 31 heavy (non-hydrogen) atoms. The van der Waals surface area contributed by atoms with Crippen LogP contribution in [0.15, 0.2) is 42.0 Å². The van der Waals surface area contributed by atoms with E-state index in [2.05, 4.69) is 10.3 Å². The Morgan fingerprint density at radius 3 is 2.68 bits per heavy atom. The smallest absolute Gasteiger partial charge is 0.407 e. The van der Waals surface area contributed by atoms with E-state index in [4.69, 9.17) is 11.6 Å². The van der Waals surface area contributed by atoms with Crippen molar-refractivity contribution in [1.29, 1.82) is 0 Å². The van der Waals surface area contributed by atoms with E-state index in [1.165, 1.54) is 17.0 Å². The first kappa shape index (κ1) is 22.7. The van der Waals surface area contributed by atoms with E-state index in [1.54, 1.807) is 18.2 Å². The van der Waals surface area contributed by atoms with E-state index in [9.17, 15) is 19.1 Å². The molecule has 2 aromatic rings. The number of nitrogens with zero attached hydrogens (tertiary/aromatic N) is 2. The Bertz CT molecular complexity index is 1030. The number of carboxylic acid groups (broad SMARTS) is 1. The lowest BCUT2D eigenvalue weighted by molar-refractivity contribution is 0.0724. The van der Waals surface area contributed by atoms with Crippen molar-refractivity contribution in [3.63, 3.8) is 0 Å². The molecule has 1 atom stereocenters. The summed E-state index contributed by atoms with van der Waals surface area (Å²) in [6.07, 6.45) is 2.25. The number of pyridine rings is 1. The molecule has 1 aromatic carbocycles. The van der Waals surface area contributed by atoms with Gasteiger partial charge in [-0.1, -0.05) is 44.0 Å². The Labute approximate surface area is 185 Å². The van der Waals surface area contributed by atoms with E-state index < -0.39 is 17.8 Å². The van der Waals surface area contributed by atoms with Gasteiger partial charge in [-0.2, -0.15) is 0 Å². The van der Waals surface area contributed by atoms with Gasteiger partial charge in [0, 0.05) is 17.6 Å². The Morgan fingerprint density at radius 1 is 1.29 bits per heavy atom. The van der Waals surface area contributed by atoms with Gasteiger partial charge in [0.25, 0.3) is 5.91 Å². The van der Waals surface area contributed by atoms with E-state index >= 15 is 0 Å². The summed E-state index contributed by atoms with van der Waals surface area (Å²) in [5, 5.41) is 12.3. The van der Waals surface area contributed by atoms with Crippen molar-refractivity contribution in [2.45, 2.75) is 39.7 Å². The van der Waals surface area contributed by atoms with Gasteiger partial charge in [0.1, 0.15) is 11.6 Å². The average molecular weight is 446 g/mol. The third kappa shape index (κ3) is 5.61. The SMILES string of the molecule is CC(C)(C)C1C/C(=C/c2cccc(NC(=O)c3ccc(Cl)cc3F)n2)CCN1C(=O)O. The topological polar surface area (TPSA) is 82.5 Å². The number of amides is 2. The minimum atomic E-state index is -0.906. The molecule has 1 aliphatic rings. The molecule has 2 N–H and O–H groups in total. The van der Waals surface area contributed by atoms with Crippen LogP contribution in [-0.4, -0.2) is 39.6 Å². The molecule has 3 rings (SSSR count). The van der Waals surface area contributed by atoms with Crippen molar-refractivity contribution in [2.75, 3.05) is 11.9 Å². The molecule has 6 nitrogen and oxygen atoms in total. The Kier molecular flexibility index (Phi) is 6.65. The standard InChI is InChI=1S/C23H25ClFN3O3/c1-23(2,3)19-12-14(9-10-28(19)22(30)31)11-16-5-4-6-20(26-16)27-21(29)17-8-7-15(24)13-18(17)25/h4-8,11,13,19H,9-10,12H2,1-3H3,(H,30,31)(H,26,27,29)/b14-11+. The highest BCUT2D eigenvalue weighted by molar-refractivity contribution is 6.30. The van der Waals surface area contributed by atoms with Gasteiger partial charge in [0.2, 0.25) is 0 Å². The summed E-state index contributed by atoms with van der Waals surface area (Å²) < 4.78 is 14.0. The van der Waals surface area contributed by atoms with Crippen molar-refractivity contribution in [1.82, 2.24) is 9.88 Å². The zero-order valence-corrected chi connectivity index (χ0v) is 18.4.